The highest BCUT2D eigenvalue weighted by molar-refractivity contribution is 7.89. The summed E-state index contributed by atoms with van der Waals surface area (Å²) in [6, 6.07) is 24.4. The standard InChI is InChI=1S/C30H36N2O4S/c1-22-9-4-5-12-29(22)37(33,34)31-17-6-7-18-32-27(20-31)30(28(32)21-35-2)24-15-13-23(14-16-24)25-10-8-11-26(19-25)36-3/h4-5,8-16,19,27-28,30H,6-7,17-18,20-21H2,1-3H3/t27-,28+,30?/m0/s1. The van der Waals surface area contributed by atoms with Crippen molar-refractivity contribution in [2.75, 3.05) is 40.5 Å². The van der Waals surface area contributed by atoms with Gasteiger partial charge < -0.3 is 9.47 Å². The molecule has 2 aliphatic heterocycles. The maximum atomic E-state index is 13.7. The van der Waals surface area contributed by atoms with Crippen LogP contribution in [0.4, 0.5) is 0 Å². The molecule has 0 aliphatic carbocycles. The van der Waals surface area contributed by atoms with Crippen LogP contribution in [0, 0.1) is 6.92 Å². The molecule has 7 heteroatoms. The van der Waals surface area contributed by atoms with Gasteiger partial charge in [0.25, 0.3) is 0 Å². The van der Waals surface area contributed by atoms with Gasteiger partial charge in [-0.1, -0.05) is 54.6 Å². The average Bonchev–Trinajstić information content (AvgIpc) is 2.90. The summed E-state index contributed by atoms with van der Waals surface area (Å²) in [6.45, 7) is 4.50. The number of rotatable bonds is 7. The molecule has 3 atom stereocenters. The van der Waals surface area contributed by atoms with Gasteiger partial charge in [-0.25, -0.2) is 8.42 Å². The fourth-order valence-electron chi connectivity index (χ4n) is 5.96. The lowest BCUT2D eigenvalue weighted by Gasteiger charge is -2.57. The van der Waals surface area contributed by atoms with Gasteiger partial charge in [0.2, 0.25) is 10.0 Å². The third-order valence-electron chi connectivity index (χ3n) is 7.89. The molecule has 0 N–H and O–H groups in total. The van der Waals surface area contributed by atoms with Crippen molar-refractivity contribution < 1.29 is 17.9 Å². The molecule has 196 valence electrons. The second kappa shape index (κ2) is 11.0. The number of methoxy groups -OCH3 is 2. The predicted molar refractivity (Wildman–Crippen MR) is 147 cm³/mol. The fraction of sp³-hybridized carbons (Fsp3) is 0.400. The molecular formula is C30H36N2O4S. The third-order valence-corrected chi connectivity index (χ3v) is 9.92. The molecule has 1 unspecified atom stereocenters. The molecule has 0 bridgehead atoms. The lowest BCUT2D eigenvalue weighted by Crippen LogP contribution is -2.68. The number of hydrogen-bond acceptors (Lipinski definition) is 5. The fourth-order valence-corrected chi connectivity index (χ4v) is 7.69. The van der Waals surface area contributed by atoms with E-state index in [2.05, 4.69) is 35.2 Å². The van der Waals surface area contributed by atoms with Crippen LogP contribution in [0.3, 0.4) is 0 Å². The Bertz CT molecular complexity index is 1330. The smallest absolute Gasteiger partial charge is 0.243 e. The summed E-state index contributed by atoms with van der Waals surface area (Å²) in [6.07, 6.45) is 1.83. The summed E-state index contributed by atoms with van der Waals surface area (Å²) in [7, 11) is -0.152. The monoisotopic (exact) mass is 520 g/mol. The number of sulfonamides is 1. The van der Waals surface area contributed by atoms with Crippen LogP contribution in [0.5, 0.6) is 5.75 Å². The highest BCUT2D eigenvalue weighted by Gasteiger charge is 2.50. The van der Waals surface area contributed by atoms with Gasteiger partial charge in [-0.05, 0) is 66.8 Å². The molecule has 0 radical (unpaired) electrons. The van der Waals surface area contributed by atoms with Gasteiger partial charge in [0.1, 0.15) is 5.75 Å². The molecule has 6 nitrogen and oxygen atoms in total. The minimum atomic E-state index is -3.58. The molecule has 0 amide bonds. The highest BCUT2D eigenvalue weighted by Crippen LogP contribution is 2.43. The van der Waals surface area contributed by atoms with Crippen LogP contribution in [0.15, 0.2) is 77.7 Å². The Kier molecular flexibility index (Phi) is 7.67. The minimum absolute atomic E-state index is 0.113. The molecule has 2 aliphatic rings. The van der Waals surface area contributed by atoms with Crippen LogP contribution in [-0.2, 0) is 14.8 Å². The first kappa shape index (κ1) is 25.9. The Balaban J connectivity index is 1.44. The van der Waals surface area contributed by atoms with Crippen molar-refractivity contribution in [3.05, 3.63) is 83.9 Å². The van der Waals surface area contributed by atoms with Crippen molar-refractivity contribution in [1.82, 2.24) is 9.21 Å². The van der Waals surface area contributed by atoms with Gasteiger partial charge in [-0.2, -0.15) is 4.31 Å². The number of benzene rings is 3. The average molecular weight is 521 g/mol. The van der Waals surface area contributed by atoms with E-state index in [9.17, 15) is 8.42 Å². The van der Waals surface area contributed by atoms with E-state index in [1.807, 2.05) is 37.3 Å². The summed E-state index contributed by atoms with van der Waals surface area (Å²) in [5.41, 5.74) is 4.25. The molecule has 3 aromatic rings. The Morgan fingerprint density at radius 3 is 2.38 bits per heavy atom. The second-order valence-corrected chi connectivity index (χ2v) is 11.9. The summed E-state index contributed by atoms with van der Waals surface area (Å²) < 4.78 is 40.2. The van der Waals surface area contributed by atoms with Gasteiger partial charge in [-0.15, -0.1) is 0 Å². The van der Waals surface area contributed by atoms with E-state index in [0.717, 1.165) is 41.8 Å². The zero-order valence-electron chi connectivity index (χ0n) is 21.8. The van der Waals surface area contributed by atoms with Crippen LogP contribution in [0.25, 0.3) is 11.1 Å². The van der Waals surface area contributed by atoms with E-state index >= 15 is 0 Å². The number of nitrogens with zero attached hydrogens (tertiary/aromatic N) is 2. The molecule has 37 heavy (non-hydrogen) atoms. The minimum Gasteiger partial charge on any atom is -0.497 e. The summed E-state index contributed by atoms with van der Waals surface area (Å²) >= 11 is 0. The van der Waals surface area contributed by atoms with Gasteiger partial charge in [-0.3, -0.25) is 4.90 Å². The Hall–Kier alpha value is -2.71. The lowest BCUT2D eigenvalue weighted by atomic mass is 9.74. The van der Waals surface area contributed by atoms with Gasteiger partial charge >= 0.3 is 0 Å². The molecule has 2 fully saturated rings. The van der Waals surface area contributed by atoms with Crippen molar-refractivity contribution in [3.63, 3.8) is 0 Å². The van der Waals surface area contributed by atoms with Crippen LogP contribution in [-0.4, -0.2) is 70.2 Å². The summed E-state index contributed by atoms with van der Waals surface area (Å²) in [5.74, 6) is 1.04. The Labute approximate surface area is 220 Å². The predicted octanol–water partition coefficient (Wildman–Crippen LogP) is 4.94. The van der Waals surface area contributed by atoms with Crippen molar-refractivity contribution in [3.8, 4) is 16.9 Å². The molecule has 0 aromatic heterocycles. The maximum Gasteiger partial charge on any atom is 0.243 e. The summed E-state index contributed by atoms with van der Waals surface area (Å²) in [5, 5.41) is 0. The number of fused-ring (bicyclic) bond motifs is 1. The van der Waals surface area contributed by atoms with Crippen LogP contribution in [0.2, 0.25) is 0 Å². The second-order valence-electron chi connectivity index (χ2n) is 10.0. The maximum absolute atomic E-state index is 13.7. The number of hydrogen-bond donors (Lipinski definition) is 0. The van der Waals surface area contributed by atoms with E-state index in [4.69, 9.17) is 9.47 Å². The molecule has 0 saturated carbocycles. The molecule has 0 spiro atoms. The van der Waals surface area contributed by atoms with Crippen molar-refractivity contribution >= 4 is 10.0 Å². The molecule has 2 heterocycles. The lowest BCUT2D eigenvalue weighted by molar-refractivity contribution is -0.0635. The van der Waals surface area contributed by atoms with Gasteiger partial charge in [0.15, 0.2) is 0 Å². The van der Waals surface area contributed by atoms with E-state index in [1.165, 1.54) is 5.56 Å². The molecule has 2 saturated heterocycles. The first-order chi connectivity index (χ1) is 17.9. The zero-order valence-corrected chi connectivity index (χ0v) is 22.7. The van der Waals surface area contributed by atoms with E-state index in [-0.39, 0.29) is 18.0 Å². The third kappa shape index (κ3) is 5.06. The molecule has 5 rings (SSSR count). The Morgan fingerprint density at radius 2 is 1.65 bits per heavy atom. The summed E-state index contributed by atoms with van der Waals surface area (Å²) in [4.78, 5) is 2.87. The van der Waals surface area contributed by atoms with Crippen molar-refractivity contribution in [1.29, 1.82) is 0 Å². The van der Waals surface area contributed by atoms with Crippen molar-refractivity contribution in [2.45, 2.75) is 42.7 Å². The zero-order chi connectivity index (χ0) is 26.0. The Morgan fingerprint density at radius 1 is 0.892 bits per heavy atom. The van der Waals surface area contributed by atoms with Crippen LogP contribution >= 0.6 is 0 Å². The van der Waals surface area contributed by atoms with E-state index in [0.29, 0.717) is 24.6 Å². The van der Waals surface area contributed by atoms with Crippen molar-refractivity contribution in [2.24, 2.45) is 0 Å². The van der Waals surface area contributed by atoms with Gasteiger partial charge in [0.05, 0.1) is 18.6 Å². The first-order valence-electron chi connectivity index (χ1n) is 13.0. The van der Waals surface area contributed by atoms with Crippen LogP contribution in [0.1, 0.15) is 29.9 Å². The highest BCUT2D eigenvalue weighted by atomic mass is 32.2. The first-order valence-corrected chi connectivity index (χ1v) is 14.4. The van der Waals surface area contributed by atoms with Crippen LogP contribution < -0.4 is 4.74 Å². The molecular weight excluding hydrogens is 484 g/mol. The molecule has 3 aromatic carbocycles. The van der Waals surface area contributed by atoms with E-state index < -0.39 is 10.0 Å². The normalized spacial score (nSPS) is 22.9. The van der Waals surface area contributed by atoms with E-state index in [1.54, 1.807) is 30.7 Å². The quantitative estimate of drug-likeness (QED) is 0.442. The number of ether oxygens (including phenoxy) is 2. The van der Waals surface area contributed by atoms with Gasteiger partial charge in [0, 0.05) is 38.2 Å². The SMILES string of the molecule is COC[C@@H]1C(c2ccc(-c3cccc(OC)c3)cc2)[C@@H]2CN(S(=O)(=O)c3ccccc3C)CCCCN12. The number of aryl methyl sites for hydroxylation is 1. The topological polar surface area (TPSA) is 59.1 Å². The largest absolute Gasteiger partial charge is 0.497 e.